The van der Waals surface area contributed by atoms with Crippen LogP contribution in [0, 0.1) is 13.8 Å². The first-order valence-electron chi connectivity index (χ1n) is 6.10. The number of hydrogen-bond acceptors (Lipinski definition) is 6. The number of rotatable bonds is 2. The molecule has 0 amide bonds. The minimum absolute atomic E-state index is 0.460. The summed E-state index contributed by atoms with van der Waals surface area (Å²) in [6.07, 6.45) is 3.68. The van der Waals surface area contributed by atoms with Gasteiger partial charge in [-0.3, -0.25) is 4.68 Å². The molecule has 0 aliphatic heterocycles. The van der Waals surface area contributed by atoms with Crippen LogP contribution < -0.4 is 5.73 Å². The van der Waals surface area contributed by atoms with Crippen LogP contribution in [0.5, 0.6) is 0 Å². The van der Waals surface area contributed by atoms with Crippen molar-refractivity contribution >= 4 is 17.2 Å². The summed E-state index contributed by atoms with van der Waals surface area (Å²) in [6, 6.07) is 0. The zero-order chi connectivity index (χ0) is 14.3. The van der Waals surface area contributed by atoms with E-state index in [-0.39, 0.29) is 0 Å². The monoisotopic (exact) mass is 286 g/mol. The van der Waals surface area contributed by atoms with E-state index in [1.807, 2.05) is 32.5 Å². The molecule has 3 aromatic rings. The lowest BCUT2D eigenvalue weighted by molar-refractivity contribution is 0.756. The lowest BCUT2D eigenvalue weighted by Crippen LogP contribution is -1.98. The van der Waals surface area contributed by atoms with Crippen LogP contribution in [0.15, 0.2) is 17.8 Å². The molecule has 0 unspecified atom stereocenters. The van der Waals surface area contributed by atoms with Crippen molar-refractivity contribution in [3.05, 3.63) is 29.3 Å². The summed E-state index contributed by atoms with van der Waals surface area (Å²) in [4.78, 5) is 13.0. The number of nitrogens with zero attached hydrogens (tertiary/aromatic N) is 5. The van der Waals surface area contributed by atoms with Crippen LogP contribution in [-0.4, -0.2) is 24.7 Å². The van der Waals surface area contributed by atoms with E-state index in [1.165, 1.54) is 11.3 Å². The smallest absolute Gasteiger partial charge is 0.137 e. The molecule has 7 heteroatoms. The van der Waals surface area contributed by atoms with E-state index in [0.717, 1.165) is 27.5 Å². The van der Waals surface area contributed by atoms with E-state index in [1.54, 1.807) is 10.9 Å². The molecule has 3 heterocycles. The Balaban J connectivity index is 2.04. The maximum Gasteiger partial charge on any atom is 0.137 e. The molecular formula is C13H14N6S. The Morgan fingerprint density at radius 1 is 1.20 bits per heavy atom. The number of hydrogen-bond donors (Lipinski definition) is 1. The second kappa shape index (κ2) is 4.68. The molecule has 0 radical (unpaired) electrons. The number of thiazole rings is 1. The second-order valence-electron chi connectivity index (χ2n) is 4.56. The molecule has 0 atom stereocenters. The van der Waals surface area contributed by atoms with Gasteiger partial charge in [-0.25, -0.2) is 15.0 Å². The van der Waals surface area contributed by atoms with Crippen LogP contribution in [0.25, 0.3) is 21.8 Å². The highest BCUT2D eigenvalue weighted by Gasteiger charge is 2.13. The number of anilines is 1. The topological polar surface area (TPSA) is 82.5 Å². The van der Waals surface area contributed by atoms with Gasteiger partial charge >= 0.3 is 0 Å². The fraction of sp³-hybridized carbons (Fsp3) is 0.231. The van der Waals surface area contributed by atoms with Gasteiger partial charge in [0.25, 0.3) is 0 Å². The van der Waals surface area contributed by atoms with Gasteiger partial charge in [0.2, 0.25) is 0 Å². The maximum atomic E-state index is 5.93. The van der Waals surface area contributed by atoms with E-state index in [4.69, 9.17) is 5.73 Å². The van der Waals surface area contributed by atoms with Gasteiger partial charge in [-0.15, -0.1) is 11.3 Å². The van der Waals surface area contributed by atoms with Crippen LogP contribution in [0.1, 0.15) is 11.5 Å². The van der Waals surface area contributed by atoms with Crippen LogP contribution in [0.4, 0.5) is 5.82 Å². The van der Waals surface area contributed by atoms with Gasteiger partial charge < -0.3 is 5.73 Å². The van der Waals surface area contributed by atoms with Crippen molar-refractivity contribution in [1.29, 1.82) is 0 Å². The third-order valence-corrected chi connectivity index (χ3v) is 3.84. The van der Waals surface area contributed by atoms with Gasteiger partial charge in [0.15, 0.2) is 0 Å². The van der Waals surface area contributed by atoms with Crippen LogP contribution >= 0.6 is 11.3 Å². The first kappa shape index (κ1) is 12.7. The molecule has 0 aliphatic carbocycles. The molecule has 0 saturated heterocycles. The summed E-state index contributed by atoms with van der Waals surface area (Å²) >= 11 is 1.53. The standard InChI is InChI=1S/C13H14N6S/c1-7-10(5-19(3)18-7)11-6-20-13(17-11)9-4-15-8(2)16-12(9)14/h4-6H,1-3H3,(H2,14,15,16). The van der Waals surface area contributed by atoms with Crippen molar-refractivity contribution < 1.29 is 0 Å². The summed E-state index contributed by atoms with van der Waals surface area (Å²) in [5, 5.41) is 7.15. The third-order valence-electron chi connectivity index (χ3n) is 2.96. The zero-order valence-corrected chi connectivity index (χ0v) is 12.3. The van der Waals surface area contributed by atoms with Crippen LogP contribution in [0.3, 0.4) is 0 Å². The number of nitrogen functional groups attached to an aromatic ring is 1. The normalized spacial score (nSPS) is 10.9. The predicted molar refractivity (Wildman–Crippen MR) is 79.2 cm³/mol. The third kappa shape index (κ3) is 2.16. The van der Waals surface area contributed by atoms with Crippen molar-refractivity contribution in [3.63, 3.8) is 0 Å². The Morgan fingerprint density at radius 3 is 2.65 bits per heavy atom. The minimum Gasteiger partial charge on any atom is -0.383 e. The molecule has 2 N–H and O–H groups in total. The van der Waals surface area contributed by atoms with Crippen molar-refractivity contribution in [2.24, 2.45) is 7.05 Å². The lowest BCUT2D eigenvalue weighted by Gasteiger charge is -2.01. The molecule has 20 heavy (non-hydrogen) atoms. The Kier molecular flexibility index (Phi) is 2.98. The van der Waals surface area contributed by atoms with Gasteiger partial charge in [0.05, 0.1) is 17.0 Å². The van der Waals surface area contributed by atoms with Crippen LogP contribution in [0.2, 0.25) is 0 Å². The summed E-state index contributed by atoms with van der Waals surface area (Å²) in [6.45, 7) is 3.78. The molecule has 0 fully saturated rings. The minimum atomic E-state index is 0.460. The second-order valence-corrected chi connectivity index (χ2v) is 5.41. The van der Waals surface area contributed by atoms with Crippen molar-refractivity contribution in [3.8, 4) is 21.8 Å². The predicted octanol–water partition coefficient (Wildman–Crippen LogP) is 2.20. The molecule has 0 spiro atoms. The highest BCUT2D eigenvalue weighted by molar-refractivity contribution is 7.13. The van der Waals surface area contributed by atoms with Crippen molar-refractivity contribution in [2.45, 2.75) is 13.8 Å². The quantitative estimate of drug-likeness (QED) is 0.781. The largest absolute Gasteiger partial charge is 0.383 e. The average molecular weight is 286 g/mol. The highest BCUT2D eigenvalue weighted by atomic mass is 32.1. The number of aryl methyl sites for hydroxylation is 3. The van der Waals surface area contributed by atoms with Gasteiger partial charge in [0, 0.05) is 30.4 Å². The van der Waals surface area contributed by atoms with E-state index in [2.05, 4.69) is 20.1 Å². The fourth-order valence-corrected chi connectivity index (χ4v) is 2.86. The summed E-state index contributed by atoms with van der Waals surface area (Å²) in [5.41, 5.74) is 9.59. The Bertz CT molecular complexity index is 773. The van der Waals surface area contributed by atoms with E-state index < -0.39 is 0 Å². The SMILES string of the molecule is Cc1ncc(-c2nc(-c3cn(C)nc3C)cs2)c(N)n1. The molecule has 3 rings (SSSR count). The number of aromatic nitrogens is 5. The van der Waals surface area contributed by atoms with Gasteiger partial charge in [-0.2, -0.15) is 5.10 Å². The van der Waals surface area contributed by atoms with Gasteiger partial charge in [-0.1, -0.05) is 0 Å². The Hall–Kier alpha value is -2.28. The molecule has 0 aromatic carbocycles. The fourth-order valence-electron chi connectivity index (χ4n) is 2.02. The molecule has 0 bridgehead atoms. The van der Waals surface area contributed by atoms with Crippen molar-refractivity contribution in [1.82, 2.24) is 24.7 Å². The Morgan fingerprint density at radius 2 is 2.00 bits per heavy atom. The number of nitrogens with two attached hydrogens (primary N) is 1. The summed E-state index contributed by atoms with van der Waals surface area (Å²) in [7, 11) is 1.90. The maximum absolute atomic E-state index is 5.93. The molecule has 102 valence electrons. The Labute approximate surface area is 120 Å². The first-order chi connectivity index (χ1) is 9.54. The average Bonchev–Trinajstić information content (AvgIpc) is 2.96. The molecule has 0 aliphatic rings. The van der Waals surface area contributed by atoms with Crippen LogP contribution in [-0.2, 0) is 7.05 Å². The van der Waals surface area contributed by atoms with E-state index in [0.29, 0.717) is 11.6 Å². The lowest BCUT2D eigenvalue weighted by atomic mass is 10.2. The molecule has 6 nitrogen and oxygen atoms in total. The summed E-state index contributed by atoms with van der Waals surface area (Å²) in [5.74, 6) is 1.12. The van der Waals surface area contributed by atoms with Gasteiger partial charge in [-0.05, 0) is 13.8 Å². The first-order valence-corrected chi connectivity index (χ1v) is 6.98. The van der Waals surface area contributed by atoms with Crippen molar-refractivity contribution in [2.75, 3.05) is 5.73 Å². The zero-order valence-electron chi connectivity index (χ0n) is 11.5. The summed E-state index contributed by atoms with van der Waals surface area (Å²) < 4.78 is 1.78. The van der Waals surface area contributed by atoms with E-state index >= 15 is 0 Å². The molecule has 0 saturated carbocycles. The van der Waals surface area contributed by atoms with Gasteiger partial charge in [0.1, 0.15) is 16.6 Å². The highest BCUT2D eigenvalue weighted by Crippen LogP contribution is 2.31. The van der Waals surface area contributed by atoms with E-state index in [9.17, 15) is 0 Å². The molecular weight excluding hydrogens is 272 g/mol. The molecule has 3 aromatic heterocycles.